The lowest BCUT2D eigenvalue weighted by Crippen LogP contribution is -1.84. The Balaban J connectivity index is 2.18. The third kappa shape index (κ3) is 5.16. The summed E-state index contributed by atoms with van der Waals surface area (Å²) < 4.78 is 18.5. The molecule has 2 aromatic carbocycles. The molecule has 7 heteroatoms. The van der Waals surface area contributed by atoms with E-state index in [1.165, 1.54) is 0 Å². The number of benzene rings is 2. The lowest BCUT2D eigenvalue weighted by Gasteiger charge is -2.16. The molecule has 0 saturated heterocycles. The predicted molar refractivity (Wildman–Crippen MR) is 93.3 cm³/mol. The topological polar surface area (TPSA) is 73.9 Å². The molecule has 0 saturated carbocycles. The molecule has 4 nitrogen and oxygen atoms in total. The normalized spacial score (nSPS) is 10.7. The first kappa shape index (κ1) is 17.7. The summed E-state index contributed by atoms with van der Waals surface area (Å²) in [6, 6.07) is 17.9. The minimum absolute atomic E-state index is 0.337. The van der Waals surface area contributed by atoms with Crippen molar-refractivity contribution in [2.24, 2.45) is 0 Å². The van der Waals surface area contributed by atoms with Crippen molar-refractivity contribution in [2.75, 3.05) is 6.61 Å². The van der Waals surface area contributed by atoms with E-state index in [-0.39, 0.29) is 0 Å². The quantitative estimate of drug-likeness (QED) is 0.637. The van der Waals surface area contributed by atoms with Gasteiger partial charge in [0.2, 0.25) is 0 Å². The summed E-state index contributed by atoms with van der Waals surface area (Å²) in [4.78, 5) is 1.56. The largest absolute Gasteiger partial charge is 0.322 e. The maximum Gasteiger partial charge on any atom is 0.322 e. The highest BCUT2D eigenvalue weighted by molar-refractivity contribution is 8.89. The van der Waals surface area contributed by atoms with Crippen molar-refractivity contribution in [3.05, 3.63) is 59.7 Å². The van der Waals surface area contributed by atoms with E-state index in [4.69, 9.17) is 15.0 Å². The molecule has 0 N–H and O–H groups in total. The van der Waals surface area contributed by atoms with E-state index >= 15 is 0 Å². The van der Waals surface area contributed by atoms with Gasteiger partial charge in [-0.1, -0.05) is 0 Å². The molecular formula is C16H13N2O2PS2. The Labute approximate surface area is 143 Å². The Morgan fingerprint density at radius 1 is 0.913 bits per heavy atom. The Morgan fingerprint density at radius 2 is 1.30 bits per heavy atom. The van der Waals surface area contributed by atoms with Crippen molar-refractivity contribution in [2.45, 2.75) is 16.7 Å². The molecule has 0 amide bonds. The average molecular weight is 360 g/mol. The molecule has 0 unspecified atom stereocenters. The van der Waals surface area contributed by atoms with Gasteiger partial charge in [0.1, 0.15) is 0 Å². The Hall–Kier alpha value is -1.69. The zero-order valence-electron chi connectivity index (χ0n) is 12.3. The molecule has 0 aliphatic carbocycles. The van der Waals surface area contributed by atoms with E-state index in [9.17, 15) is 4.57 Å². The molecule has 0 atom stereocenters. The Morgan fingerprint density at radius 3 is 1.61 bits per heavy atom. The molecule has 0 fully saturated rings. The maximum atomic E-state index is 13.0. The Bertz CT molecular complexity index is 729. The third-order valence-corrected chi connectivity index (χ3v) is 9.26. The minimum Gasteiger partial charge on any atom is -0.313 e. The fourth-order valence-electron chi connectivity index (χ4n) is 1.67. The number of hydrogen-bond donors (Lipinski definition) is 0. The second kappa shape index (κ2) is 8.24. The molecule has 0 aromatic heterocycles. The van der Waals surface area contributed by atoms with Gasteiger partial charge in [0.25, 0.3) is 0 Å². The zero-order valence-corrected chi connectivity index (χ0v) is 14.8. The van der Waals surface area contributed by atoms with Crippen LogP contribution >= 0.6 is 28.5 Å². The molecule has 2 aromatic rings. The molecular weight excluding hydrogens is 347 g/mol. The van der Waals surface area contributed by atoms with Gasteiger partial charge in [-0.3, -0.25) is 4.57 Å². The second-order valence-electron chi connectivity index (χ2n) is 4.32. The van der Waals surface area contributed by atoms with E-state index in [0.29, 0.717) is 17.7 Å². The van der Waals surface area contributed by atoms with Crippen LogP contribution in [0.2, 0.25) is 0 Å². The molecule has 0 bridgehead atoms. The minimum atomic E-state index is -3.04. The van der Waals surface area contributed by atoms with Crippen molar-refractivity contribution in [3.8, 4) is 12.1 Å². The zero-order chi connectivity index (χ0) is 16.7. The molecule has 116 valence electrons. The van der Waals surface area contributed by atoms with Crippen LogP contribution in [0.25, 0.3) is 0 Å². The lowest BCUT2D eigenvalue weighted by molar-refractivity contribution is 0.357. The first-order valence-electron chi connectivity index (χ1n) is 6.72. The lowest BCUT2D eigenvalue weighted by atomic mass is 10.2. The molecule has 0 aliphatic heterocycles. The first-order valence-corrected chi connectivity index (χ1v) is 11.2. The van der Waals surface area contributed by atoms with Crippen LogP contribution in [0.1, 0.15) is 18.1 Å². The van der Waals surface area contributed by atoms with Crippen molar-refractivity contribution in [3.63, 3.8) is 0 Å². The van der Waals surface area contributed by atoms with Crippen LogP contribution in [0.5, 0.6) is 0 Å². The van der Waals surface area contributed by atoms with Crippen LogP contribution in [0.4, 0.5) is 0 Å². The standard InChI is InChI=1S/C16H13N2O2PS2/c1-2-20-21(19,22-15-7-3-13(11-17)4-8-15)23-16-9-5-14(12-18)6-10-16/h3-10H,2H2,1H3. The van der Waals surface area contributed by atoms with Crippen LogP contribution in [-0.2, 0) is 9.09 Å². The molecule has 0 heterocycles. The fraction of sp³-hybridized carbons (Fsp3) is 0.125. The van der Waals surface area contributed by atoms with Gasteiger partial charge in [-0.05, 0) is 78.2 Å². The molecule has 23 heavy (non-hydrogen) atoms. The monoisotopic (exact) mass is 360 g/mol. The molecule has 0 aliphatic rings. The smallest absolute Gasteiger partial charge is 0.313 e. The number of nitrogens with zero attached hydrogens (tertiary/aromatic N) is 2. The summed E-state index contributed by atoms with van der Waals surface area (Å²) in [6.45, 7) is 2.13. The van der Waals surface area contributed by atoms with Crippen LogP contribution in [0.3, 0.4) is 0 Å². The van der Waals surface area contributed by atoms with Crippen LogP contribution in [-0.4, -0.2) is 6.61 Å². The van der Waals surface area contributed by atoms with Crippen LogP contribution < -0.4 is 0 Å². The van der Waals surface area contributed by atoms with Gasteiger partial charge in [-0.2, -0.15) is 10.5 Å². The highest BCUT2D eigenvalue weighted by atomic mass is 33.1. The van der Waals surface area contributed by atoms with Crippen molar-refractivity contribution in [1.82, 2.24) is 0 Å². The molecule has 0 spiro atoms. The summed E-state index contributed by atoms with van der Waals surface area (Å²) in [5.74, 6) is -3.04. The first-order chi connectivity index (χ1) is 11.1. The third-order valence-electron chi connectivity index (χ3n) is 2.69. The summed E-state index contributed by atoms with van der Waals surface area (Å²) in [5, 5.41) is 17.6. The number of hydrogen-bond acceptors (Lipinski definition) is 6. The van der Waals surface area contributed by atoms with Gasteiger partial charge in [0.05, 0.1) is 29.9 Å². The maximum absolute atomic E-state index is 13.0. The summed E-state index contributed by atoms with van der Waals surface area (Å²) in [5.41, 5.74) is 1.11. The van der Waals surface area contributed by atoms with Gasteiger partial charge in [-0.15, -0.1) is 0 Å². The van der Waals surface area contributed by atoms with Gasteiger partial charge in [0, 0.05) is 9.79 Å². The second-order valence-corrected chi connectivity index (χ2v) is 11.5. The van der Waals surface area contributed by atoms with E-state index in [2.05, 4.69) is 12.1 Å². The van der Waals surface area contributed by atoms with Crippen molar-refractivity contribution >= 4 is 28.5 Å². The molecule has 0 radical (unpaired) electrons. The van der Waals surface area contributed by atoms with Crippen molar-refractivity contribution in [1.29, 1.82) is 10.5 Å². The van der Waals surface area contributed by atoms with Gasteiger partial charge in [0.15, 0.2) is 0 Å². The Kier molecular flexibility index (Phi) is 6.33. The fourth-order valence-corrected chi connectivity index (χ4v) is 8.38. The van der Waals surface area contributed by atoms with Crippen LogP contribution in [0, 0.1) is 22.7 Å². The highest BCUT2D eigenvalue weighted by Crippen LogP contribution is 2.74. The van der Waals surface area contributed by atoms with Gasteiger partial charge < -0.3 is 4.52 Å². The number of nitriles is 2. The summed E-state index contributed by atoms with van der Waals surface area (Å²) in [7, 11) is 0. The van der Waals surface area contributed by atoms with Gasteiger partial charge >= 0.3 is 5.77 Å². The SMILES string of the molecule is CCOP(=O)(Sc1ccc(C#N)cc1)Sc1ccc(C#N)cc1. The highest BCUT2D eigenvalue weighted by Gasteiger charge is 2.26. The number of rotatable bonds is 6. The summed E-state index contributed by atoms with van der Waals surface area (Å²) in [6.07, 6.45) is 0. The van der Waals surface area contributed by atoms with E-state index < -0.39 is 5.77 Å². The van der Waals surface area contributed by atoms with E-state index in [0.717, 1.165) is 32.6 Å². The average Bonchev–Trinajstić information content (AvgIpc) is 2.56. The summed E-state index contributed by atoms with van der Waals surface area (Å²) >= 11 is 2.32. The van der Waals surface area contributed by atoms with Crippen LogP contribution in [0.15, 0.2) is 58.3 Å². The van der Waals surface area contributed by atoms with Gasteiger partial charge in [-0.25, -0.2) is 0 Å². The van der Waals surface area contributed by atoms with E-state index in [1.807, 2.05) is 0 Å². The molecule has 2 rings (SSSR count). The predicted octanol–water partition coefficient (Wildman–Crippen LogP) is 5.46. The van der Waals surface area contributed by atoms with Crippen molar-refractivity contribution < 1.29 is 9.09 Å². The van der Waals surface area contributed by atoms with E-state index in [1.54, 1.807) is 55.5 Å².